The van der Waals surface area contributed by atoms with E-state index in [1.54, 1.807) is 0 Å². The number of aromatic nitrogens is 1. The Morgan fingerprint density at radius 2 is 1.15 bits per heavy atom. The highest BCUT2D eigenvalue weighted by Gasteiger charge is 2.21. The van der Waals surface area contributed by atoms with E-state index in [4.69, 9.17) is 0 Å². The van der Waals surface area contributed by atoms with Crippen molar-refractivity contribution >= 4 is 0 Å². The number of aromatic amines is 1. The zero-order valence-electron chi connectivity index (χ0n) is 28.7. The van der Waals surface area contributed by atoms with E-state index in [0.717, 1.165) is 35.3 Å². The standard InChI is InChI=1S/C37H71N3O/c1-7-10-12-14-16-18-20-22-24-26-28-36(39(4)5)32-34-29-30-35(38-37(34)41)33-40(6,9-3)31-27-25-23-21-19-17-15-13-11-8-2/h29-30,36H,7-28,31-33H2,1-6H3/p+1. The minimum atomic E-state index is 0.124. The van der Waals surface area contributed by atoms with E-state index in [0.29, 0.717) is 6.04 Å². The van der Waals surface area contributed by atoms with Crippen LogP contribution in [0.3, 0.4) is 0 Å². The molecule has 1 aromatic heterocycles. The maximum atomic E-state index is 13.1. The summed E-state index contributed by atoms with van der Waals surface area (Å²) in [6.07, 6.45) is 29.5. The third kappa shape index (κ3) is 18.9. The maximum Gasteiger partial charge on any atom is 0.251 e. The molecule has 1 rings (SSSR count). The summed E-state index contributed by atoms with van der Waals surface area (Å²) in [6, 6.07) is 4.74. The summed E-state index contributed by atoms with van der Waals surface area (Å²) < 4.78 is 1.01. The molecular weight excluding hydrogens is 502 g/mol. The molecule has 0 aliphatic carbocycles. The summed E-state index contributed by atoms with van der Waals surface area (Å²) in [5, 5.41) is 0. The molecule has 0 amide bonds. The van der Waals surface area contributed by atoms with Gasteiger partial charge in [0.2, 0.25) is 0 Å². The fourth-order valence-electron chi connectivity index (χ4n) is 6.20. The van der Waals surface area contributed by atoms with Crippen LogP contribution in [0.1, 0.15) is 167 Å². The number of hydrogen-bond donors (Lipinski definition) is 1. The van der Waals surface area contributed by atoms with Gasteiger partial charge in [0.05, 0.1) is 25.8 Å². The summed E-state index contributed by atoms with van der Waals surface area (Å²) in [7, 11) is 6.69. The molecule has 0 radical (unpaired) electrons. The van der Waals surface area contributed by atoms with Crippen molar-refractivity contribution in [2.75, 3.05) is 34.2 Å². The average Bonchev–Trinajstić information content (AvgIpc) is 2.95. The van der Waals surface area contributed by atoms with E-state index in [2.05, 4.69) is 63.9 Å². The van der Waals surface area contributed by atoms with E-state index in [-0.39, 0.29) is 5.56 Å². The predicted octanol–water partition coefficient (Wildman–Crippen LogP) is 10.0. The van der Waals surface area contributed by atoms with Crippen LogP contribution >= 0.6 is 0 Å². The van der Waals surface area contributed by atoms with Gasteiger partial charge in [-0.3, -0.25) is 4.79 Å². The van der Waals surface area contributed by atoms with Gasteiger partial charge >= 0.3 is 0 Å². The second-order valence-corrected chi connectivity index (χ2v) is 13.6. The fourth-order valence-corrected chi connectivity index (χ4v) is 6.20. The number of rotatable bonds is 28. The molecule has 41 heavy (non-hydrogen) atoms. The molecule has 0 bridgehead atoms. The SMILES string of the molecule is CCCCCCCCCCCCC(Cc1ccc(C[N+](C)(CC)CCCCCCCCCCCC)[nH]c1=O)N(C)C. The molecule has 4 nitrogen and oxygen atoms in total. The van der Waals surface area contributed by atoms with Gasteiger partial charge in [0.1, 0.15) is 6.54 Å². The lowest BCUT2D eigenvalue weighted by atomic mass is 9.99. The number of unbranched alkanes of at least 4 members (excludes halogenated alkanes) is 18. The van der Waals surface area contributed by atoms with E-state index < -0.39 is 0 Å². The Kier molecular flexibility index (Phi) is 22.5. The van der Waals surface area contributed by atoms with Crippen LogP contribution in [0.5, 0.6) is 0 Å². The van der Waals surface area contributed by atoms with E-state index in [1.165, 1.54) is 141 Å². The fraction of sp³-hybridized carbons (Fsp3) is 0.865. The number of likely N-dealkylation sites (N-methyl/N-ethyl adjacent to an activating group) is 1. The molecule has 0 aliphatic rings. The molecule has 1 N–H and O–H groups in total. The lowest BCUT2D eigenvalue weighted by Crippen LogP contribution is -2.44. The summed E-state index contributed by atoms with van der Waals surface area (Å²) in [6.45, 7) is 10.1. The highest BCUT2D eigenvalue weighted by atomic mass is 16.1. The number of quaternary nitrogens is 1. The number of nitrogens with one attached hydrogen (secondary N) is 1. The first-order chi connectivity index (χ1) is 19.8. The second kappa shape index (κ2) is 24.3. The van der Waals surface area contributed by atoms with Gasteiger partial charge < -0.3 is 14.4 Å². The summed E-state index contributed by atoms with van der Waals surface area (Å²) >= 11 is 0. The molecule has 0 saturated carbocycles. The first-order valence-electron chi connectivity index (χ1n) is 18.1. The third-order valence-electron chi connectivity index (χ3n) is 9.50. The Bertz CT molecular complexity index is 789. The lowest BCUT2D eigenvalue weighted by molar-refractivity contribution is -0.921. The molecule has 1 heterocycles. The Hall–Kier alpha value is -1.13. The monoisotopic (exact) mass is 575 g/mol. The molecule has 2 atom stereocenters. The summed E-state index contributed by atoms with van der Waals surface area (Å²) in [5.41, 5.74) is 2.16. The zero-order valence-corrected chi connectivity index (χ0v) is 28.7. The van der Waals surface area contributed by atoms with Gasteiger partial charge in [-0.25, -0.2) is 0 Å². The van der Waals surface area contributed by atoms with Crippen molar-refractivity contribution in [1.82, 2.24) is 9.88 Å². The summed E-state index contributed by atoms with van der Waals surface area (Å²) in [5.74, 6) is 0. The molecule has 0 spiro atoms. The molecule has 2 unspecified atom stereocenters. The highest BCUT2D eigenvalue weighted by molar-refractivity contribution is 5.15. The van der Waals surface area contributed by atoms with Crippen LogP contribution < -0.4 is 5.56 Å². The number of nitrogens with zero attached hydrogens (tertiary/aromatic N) is 2. The lowest BCUT2D eigenvalue weighted by Gasteiger charge is -2.33. The number of H-pyrrole nitrogens is 1. The topological polar surface area (TPSA) is 36.1 Å². The third-order valence-corrected chi connectivity index (χ3v) is 9.50. The highest BCUT2D eigenvalue weighted by Crippen LogP contribution is 2.17. The normalized spacial score (nSPS) is 14.0. The molecule has 240 valence electrons. The van der Waals surface area contributed by atoms with Crippen LogP contribution in [0.2, 0.25) is 0 Å². The van der Waals surface area contributed by atoms with Crippen molar-refractivity contribution in [2.45, 2.75) is 175 Å². The van der Waals surface area contributed by atoms with E-state index in [9.17, 15) is 4.79 Å². The second-order valence-electron chi connectivity index (χ2n) is 13.6. The molecule has 0 saturated heterocycles. The van der Waals surface area contributed by atoms with Crippen molar-refractivity contribution < 1.29 is 4.48 Å². The molecular formula is C37H72N3O+. The van der Waals surface area contributed by atoms with Gasteiger partial charge in [0.15, 0.2) is 0 Å². The zero-order chi connectivity index (χ0) is 30.2. The minimum absolute atomic E-state index is 0.124. The Morgan fingerprint density at radius 3 is 1.59 bits per heavy atom. The Morgan fingerprint density at radius 1 is 0.683 bits per heavy atom. The van der Waals surface area contributed by atoms with E-state index in [1.807, 2.05) is 0 Å². The molecule has 0 aromatic carbocycles. The van der Waals surface area contributed by atoms with Gasteiger partial charge in [0, 0.05) is 11.6 Å². The van der Waals surface area contributed by atoms with Crippen molar-refractivity contribution in [3.63, 3.8) is 0 Å². The van der Waals surface area contributed by atoms with Crippen LogP contribution in [0.4, 0.5) is 0 Å². The van der Waals surface area contributed by atoms with Crippen molar-refractivity contribution in [3.05, 3.63) is 33.7 Å². The van der Waals surface area contributed by atoms with Crippen molar-refractivity contribution in [2.24, 2.45) is 0 Å². The van der Waals surface area contributed by atoms with E-state index >= 15 is 0 Å². The number of pyridine rings is 1. The van der Waals surface area contributed by atoms with Crippen LogP contribution in [-0.4, -0.2) is 54.6 Å². The predicted molar refractivity (Wildman–Crippen MR) is 182 cm³/mol. The first kappa shape index (κ1) is 37.9. The average molecular weight is 575 g/mol. The molecule has 4 heteroatoms. The smallest absolute Gasteiger partial charge is 0.251 e. The molecule has 0 aliphatic heterocycles. The minimum Gasteiger partial charge on any atom is -0.321 e. The van der Waals surface area contributed by atoms with Crippen LogP contribution in [0.15, 0.2) is 16.9 Å². The van der Waals surface area contributed by atoms with Crippen molar-refractivity contribution in [1.29, 1.82) is 0 Å². The van der Waals surface area contributed by atoms with Crippen LogP contribution in [0, 0.1) is 0 Å². The van der Waals surface area contributed by atoms with Crippen LogP contribution in [-0.2, 0) is 13.0 Å². The first-order valence-corrected chi connectivity index (χ1v) is 18.1. The van der Waals surface area contributed by atoms with Gasteiger partial charge in [-0.1, -0.05) is 135 Å². The Balaban J connectivity index is 2.39. The van der Waals surface area contributed by atoms with Crippen molar-refractivity contribution in [3.8, 4) is 0 Å². The molecule has 0 fully saturated rings. The number of hydrogen-bond acceptors (Lipinski definition) is 2. The quantitative estimate of drug-likeness (QED) is 0.0798. The van der Waals surface area contributed by atoms with Gasteiger partial charge in [-0.15, -0.1) is 0 Å². The largest absolute Gasteiger partial charge is 0.321 e. The maximum absolute atomic E-state index is 13.1. The van der Waals surface area contributed by atoms with Gasteiger partial charge in [-0.05, 0) is 52.8 Å². The van der Waals surface area contributed by atoms with Gasteiger partial charge in [-0.2, -0.15) is 0 Å². The van der Waals surface area contributed by atoms with Gasteiger partial charge in [0.25, 0.3) is 5.56 Å². The Labute approximate surface area is 256 Å². The van der Waals surface area contributed by atoms with Crippen LogP contribution in [0.25, 0.3) is 0 Å². The summed E-state index contributed by atoms with van der Waals surface area (Å²) in [4.78, 5) is 18.7. The molecule has 1 aromatic rings.